The highest BCUT2D eigenvalue weighted by molar-refractivity contribution is 7.09. The summed E-state index contributed by atoms with van der Waals surface area (Å²) in [5.74, 6) is 1.24. The van der Waals surface area contributed by atoms with Crippen molar-refractivity contribution in [2.45, 2.75) is 32.6 Å². The topological polar surface area (TPSA) is 90.7 Å². The molecule has 0 aliphatic carbocycles. The molecule has 17 heavy (non-hydrogen) atoms. The van der Waals surface area contributed by atoms with Crippen LogP contribution in [-0.2, 0) is 6.42 Å². The molecule has 2 N–H and O–H groups in total. The molecule has 0 aliphatic rings. The first-order valence-corrected chi connectivity index (χ1v) is 6.38. The second kappa shape index (κ2) is 5.33. The van der Waals surface area contributed by atoms with Crippen molar-refractivity contribution in [1.82, 2.24) is 19.7 Å². The zero-order valence-electron chi connectivity index (χ0n) is 9.88. The average molecular weight is 253 g/mol. The molecule has 2 heterocycles. The maximum atomic E-state index is 5.57. The minimum atomic E-state index is 0.100. The van der Waals surface area contributed by atoms with Gasteiger partial charge in [0.25, 0.3) is 5.89 Å². The van der Waals surface area contributed by atoms with Crippen LogP contribution in [0.15, 0.2) is 4.52 Å². The van der Waals surface area contributed by atoms with Gasteiger partial charge in [-0.2, -0.15) is 4.98 Å². The Labute approximate surface area is 103 Å². The largest absolute Gasteiger partial charge is 0.333 e. The van der Waals surface area contributed by atoms with Crippen LogP contribution < -0.4 is 5.73 Å². The van der Waals surface area contributed by atoms with E-state index in [9.17, 15) is 0 Å². The first-order chi connectivity index (χ1) is 8.26. The van der Waals surface area contributed by atoms with E-state index >= 15 is 0 Å². The minimum absolute atomic E-state index is 0.100. The van der Waals surface area contributed by atoms with Crippen LogP contribution in [-0.4, -0.2) is 26.3 Å². The third-order valence-corrected chi connectivity index (χ3v) is 3.23. The Morgan fingerprint density at radius 3 is 3.00 bits per heavy atom. The Bertz CT molecular complexity index is 481. The lowest BCUT2D eigenvalue weighted by Gasteiger charge is -1.98. The quantitative estimate of drug-likeness (QED) is 0.870. The van der Waals surface area contributed by atoms with Gasteiger partial charge in [0, 0.05) is 12.5 Å². The van der Waals surface area contributed by atoms with Crippen LogP contribution in [0.1, 0.15) is 37.7 Å². The van der Waals surface area contributed by atoms with E-state index in [0.717, 1.165) is 23.4 Å². The van der Waals surface area contributed by atoms with E-state index in [4.69, 9.17) is 10.3 Å². The third kappa shape index (κ3) is 2.50. The Morgan fingerprint density at radius 2 is 2.29 bits per heavy atom. The summed E-state index contributed by atoms with van der Waals surface area (Å²) in [6.45, 7) is 4.56. The molecule has 0 saturated heterocycles. The van der Waals surface area contributed by atoms with E-state index in [1.807, 2.05) is 6.92 Å². The van der Waals surface area contributed by atoms with Gasteiger partial charge < -0.3 is 10.3 Å². The molecule has 0 spiro atoms. The van der Waals surface area contributed by atoms with Crippen LogP contribution in [0.5, 0.6) is 0 Å². The molecule has 0 saturated carbocycles. The van der Waals surface area contributed by atoms with Crippen molar-refractivity contribution in [3.63, 3.8) is 0 Å². The molecule has 0 bridgehead atoms. The first kappa shape index (κ1) is 12.1. The molecule has 0 amide bonds. The van der Waals surface area contributed by atoms with Crippen molar-refractivity contribution in [2.24, 2.45) is 5.73 Å². The number of nitrogens with two attached hydrogens (primary N) is 1. The summed E-state index contributed by atoms with van der Waals surface area (Å²) in [7, 11) is 0. The third-order valence-electron chi connectivity index (χ3n) is 2.47. The molecule has 0 fully saturated rings. The summed E-state index contributed by atoms with van der Waals surface area (Å²) in [5.41, 5.74) is 6.49. The molecular weight excluding hydrogens is 238 g/mol. The van der Waals surface area contributed by atoms with Crippen molar-refractivity contribution < 1.29 is 4.52 Å². The second-order valence-electron chi connectivity index (χ2n) is 3.89. The van der Waals surface area contributed by atoms with Gasteiger partial charge in [0.05, 0.1) is 5.69 Å². The number of hydrogen-bond acceptors (Lipinski definition) is 7. The lowest BCUT2D eigenvalue weighted by Crippen LogP contribution is -2.10. The maximum Gasteiger partial charge on any atom is 0.271 e. The Morgan fingerprint density at radius 1 is 1.47 bits per heavy atom. The highest BCUT2D eigenvalue weighted by Gasteiger charge is 2.18. The van der Waals surface area contributed by atoms with Crippen molar-refractivity contribution >= 4 is 11.5 Å². The number of aryl methyl sites for hydroxylation is 1. The monoisotopic (exact) mass is 253 g/mol. The summed E-state index contributed by atoms with van der Waals surface area (Å²) >= 11 is 1.29. The highest BCUT2D eigenvalue weighted by Crippen LogP contribution is 2.26. The van der Waals surface area contributed by atoms with Crippen LogP contribution in [0.3, 0.4) is 0 Å². The first-order valence-electron chi connectivity index (χ1n) is 5.61. The smallest absolute Gasteiger partial charge is 0.271 e. The maximum absolute atomic E-state index is 5.57. The highest BCUT2D eigenvalue weighted by atomic mass is 32.1. The standard InChI is InChI=1S/C10H15N5OS/c1-3-4-7-8(17-15-13-7)10-12-9(14-16-10)6(2)5-11/h6H,3-5,11H2,1-2H3. The second-order valence-corrected chi connectivity index (χ2v) is 4.65. The van der Waals surface area contributed by atoms with Gasteiger partial charge >= 0.3 is 0 Å². The molecule has 2 rings (SSSR count). The molecule has 0 aromatic carbocycles. The Kier molecular flexibility index (Phi) is 3.80. The van der Waals surface area contributed by atoms with E-state index in [-0.39, 0.29) is 5.92 Å². The molecule has 0 radical (unpaired) electrons. The number of hydrogen-bond donors (Lipinski definition) is 1. The summed E-state index contributed by atoms with van der Waals surface area (Å²) in [6.07, 6.45) is 1.88. The van der Waals surface area contributed by atoms with Gasteiger partial charge in [-0.05, 0) is 18.0 Å². The fourth-order valence-electron chi connectivity index (χ4n) is 1.40. The zero-order valence-corrected chi connectivity index (χ0v) is 10.7. The summed E-state index contributed by atoms with van der Waals surface area (Å²) in [4.78, 5) is 5.21. The minimum Gasteiger partial charge on any atom is -0.333 e. The molecule has 7 heteroatoms. The van der Waals surface area contributed by atoms with E-state index in [1.165, 1.54) is 11.5 Å². The van der Waals surface area contributed by atoms with Gasteiger partial charge in [0.15, 0.2) is 5.82 Å². The molecule has 1 unspecified atom stereocenters. The van der Waals surface area contributed by atoms with E-state index in [0.29, 0.717) is 18.3 Å². The molecule has 2 aromatic heterocycles. The van der Waals surface area contributed by atoms with Gasteiger partial charge in [-0.25, -0.2) is 0 Å². The van der Waals surface area contributed by atoms with Crippen LogP contribution in [0.25, 0.3) is 10.8 Å². The number of aromatic nitrogens is 4. The van der Waals surface area contributed by atoms with Crippen LogP contribution in [0.2, 0.25) is 0 Å². The predicted octanol–water partition coefficient (Wildman–Crippen LogP) is 1.60. The van der Waals surface area contributed by atoms with Gasteiger partial charge in [0.2, 0.25) is 0 Å². The van der Waals surface area contributed by atoms with Crippen LogP contribution in [0.4, 0.5) is 0 Å². The van der Waals surface area contributed by atoms with E-state index in [2.05, 4.69) is 26.7 Å². The van der Waals surface area contributed by atoms with Gasteiger partial charge in [-0.15, -0.1) is 5.10 Å². The molecule has 92 valence electrons. The summed E-state index contributed by atoms with van der Waals surface area (Å²) < 4.78 is 9.16. The molecule has 2 aromatic rings. The summed E-state index contributed by atoms with van der Waals surface area (Å²) in [5, 5.41) is 8.00. The van der Waals surface area contributed by atoms with E-state index in [1.54, 1.807) is 0 Å². The van der Waals surface area contributed by atoms with Crippen LogP contribution in [0, 0.1) is 0 Å². The molecule has 0 aliphatic heterocycles. The number of rotatable bonds is 5. The fourth-order valence-corrected chi connectivity index (χ4v) is 2.03. The average Bonchev–Trinajstić information content (AvgIpc) is 2.96. The zero-order chi connectivity index (χ0) is 12.3. The molecule has 1 atom stereocenters. The van der Waals surface area contributed by atoms with Crippen molar-refractivity contribution in [2.75, 3.05) is 6.54 Å². The lowest BCUT2D eigenvalue weighted by atomic mass is 10.2. The predicted molar refractivity (Wildman–Crippen MR) is 64.7 cm³/mol. The normalized spacial score (nSPS) is 12.9. The number of nitrogens with zero attached hydrogens (tertiary/aromatic N) is 4. The van der Waals surface area contributed by atoms with Crippen molar-refractivity contribution in [3.05, 3.63) is 11.5 Å². The van der Waals surface area contributed by atoms with Gasteiger partial charge in [0.1, 0.15) is 4.88 Å². The Balaban J connectivity index is 2.27. The SMILES string of the molecule is CCCc1nnsc1-c1nc(C(C)CN)no1. The Hall–Kier alpha value is -1.34. The van der Waals surface area contributed by atoms with Gasteiger partial charge in [-0.3, -0.25) is 0 Å². The van der Waals surface area contributed by atoms with Crippen molar-refractivity contribution in [3.8, 4) is 10.8 Å². The fraction of sp³-hybridized carbons (Fsp3) is 0.600. The van der Waals surface area contributed by atoms with Crippen molar-refractivity contribution in [1.29, 1.82) is 0 Å². The molecular formula is C10H15N5OS. The molecule has 6 nitrogen and oxygen atoms in total. The van der Waals surface area contributed by atoms with Gasteiger partial charge in [-0.1, -0.05) is 29.9 Å². The van der Waals surface area contributed by atoms with Crippen LogP contribution >= 0.6 is 11.5 Å². The lowest BCUT2D eigenvalue weighted by molar-refractivity contribution is 0.418. The van der Waals surface area contributed by atoms with E-state index < -0.39 is 0 Å². The summed E-state index contributed by atoms with van der Waals surface area (Å²) in [6, 6.07) is 0.